The molecular formula is C20H22N4O4S. The summed E-state index contributed by atoms with van der Waals surface area (Å²) in [6.07, 6.45) is 0. The predicted molar refractivity (Wildman–Crippen MR) is 113 cm³/mol. The number of ether oxygens (including phenoxy) is 1. The molecule has 1 heterocycles. The normalized spacial score (nSPS) is 11.0. The molecule has 1 N–H and O–H groups in total. The Hall–Kier alpha value is -3.07. The van der Waals surface area contributed by atoms with Gasteiger partial charge in [0.25, 0.3) is 5.69 Å². The maximum absolute atomic E-state index is 12.2. The molecule has 3 rings (SSSR count). The lowest BCUT2D eigenvalue weighted by atomic mass is 10.2. The highest BCUT2D eigenvalue weighted by atomic mass is 32.2. The number of imidazole rings is 1. The van der Waals surface area contributed by atoms with E-state index in [0.717, 1.165) is 5.69 Å². The fourth-order valence-electron chi connectivity index (χ4n) is 2.80. The Labute approximate surface area is 172 Å². The second kappa shape index (κ2) is 8.95. The van der Waals surface area contributed by atoms with Crippen molar-refractivity contribution >= 4 is 34.4 Å². The van der Waals surface area contributed by atoms with Gasteiger partial charge in [0.2, 0.25) is 5.91 Å². The zero-order valence-electron chi connectivity index (χ0n) is 16.4. The van der Waals surface area contributed by atoms with Gasteiger partial charge in [-0.15, -0.1) is 0 Å². The minimum Gasteiger partial charge on any atom is -0.495 e. The minimum atomic E-state index is -0.451. The summed E-state index contributed by atoms with van der Waals surface area (Å²) >= 11 is 1.28. The number of non-ortho nitro benzene ring substituents is 1. The molecule has 0 radical (unpaired) electrons. The van der Waals surface area contributed by atoms with Crippen molar-refractivity contribution in [1.29, 1.82) is 0 Å². The van der Waals surface area contributed by atoms with Gasteiger partial charge in [0.1, 0.15) is 5.75 Å². The Morgan fingerprint density at radius 1 is 1.31 bits per heavy atom. The van der Waals surface area contributed by atoms with Crippen LogP contribution in [0.1, 0.15) is 13.8 Å². The summed E-state index contributed by atoms with van der Waals surface area (Å²) < 4.78 is 7.34. The molecule has 0 saturated heterocycles. The monoisotopic (exact) mass is 414 g/mol. The van der Waals surface area contributed by atoms with Crippen LogP contribution in [0.15, 0.2) is 47.6 Å². The molecule has 8 nitrogen and oxygen atoms in total. The molecule has 0 unspecified atom stereocenters. The van der Waals surface area contributed by atoms with E-state index in [4.69, 9.17) is 4.74 Å². The third-order valence-electron chi connectivity index (χ3n) is 4.18. The lowest BCUT2D eigenvalue weighted by molar-refractivity contribution is -0.384. The number of thioether (sulfide) groups is 1. The highest BCUT2D eigenvalue weighted by Crippen LogP contribution is 2.33. The van der Waals surface area contributed by atoms with Crippen LogP contribution in [0.2, 0.25) is 0 Å². The van der Waals surface area contributed by atoms with Crippen LogP contribution in [-0.2, 0) is 4.79 Å². The van der Waals surface area contributed by atoms with E-state index in [2.05, 4.69) is 10.3 Å². The van der Waals surface area contributed by atoms with Gasteiger partial charge >= 0.3 is 0 Å². The number of nitrogens with one attached hydrogen (secondary N) is 1. The number of fused-ring (bicyclic) bond motifs is 1. The van der Waals surface area contributed by atoms with Crippen LogP contribution in [0.3, 0.4) is 0 Å². The number of amides is 1. The van der Waals surface area contributed by atoms with Crippen LogP contribution in [0.25, 0.3) is 16.7 Å². The first-order chi connectivity index (χ1) is 13.9. The second-order valence-corrected chi connectivity index (χ2v) is 7.76. The van der Waals surface area contributed by atoms with E-state index < -0.39 is 4.92 Å². The maximum Gasteiger partial charge on any atom is 0.271 e. The van der Waals surface area contributed by atoms with Gasteiger partial charge in [0.05, 0.1) is 34.5 Å². The molecule has 0 aliphatic rings. The summed E-state index contributed by atoms with van der Waals surface area (Å²) in [5, 5.41) is 14.6. The van der Waals surface area contributed by atoms with E-state index >= 15 is 0 Å². The van der Waals surface area contributed by atoms with Crippen molar-refractivity contribution in [1.82, 2.24) is 14.9 Å². The predicted octanol–water partition coefficient (Wildman–Crippen LogP) is 3.81. The Morgan fingerprint density at radius 3 is 2.76 bits per heavy atom. The van der Waals surface area contributed by atoms with Crippen LogP contribution in [0.4, 0.5) is 5.69 Å². The number of para-hydroxylation sites is 2. The Balaban J connectivity index is 2.02. The van der Waals surface area contributed by atoms with Crippen molar-refractivity contribution in [2.45, 2.75) is 19.0 Å². The zero-order chi connectivity index (χ0) is 21.0. The first-order valence-electron chi connectivity index (χ1n) is 9.10. The van der Waals surface area contributed by atoms with Gasteiger partial charge in [-0.1, -0.05) is 37.7 Å². The summed E-state index contributed by atoms with van der Waals surface area (Å²) in [6.45, 7) is 4.66. The third-order valence-corrected chi connectivity index (χ3v) is 5.12. The molecular weight excluding hydrogens is 392 g/mol. The second-order valence-electron chi connectivity index (χ2n) is 6.82. The van der Waals surface area contributed by atoms with Crippen molar-refractivity contribution in [3.63, 3.8) is 0 Å². The van der Waals surface area contributed by atoms with E-state index in [-0.39, 0.29) is 17.3 Å². The standard InChI is InChI=1S/C20H22N4O4S/c1-13(2)11-21-19(25)12-29-20-22-15-10-14(24(26)27)8-9-16(15)23(20)17-6-4-5-7-18(17)28-3/h4-10,13H,11-12H2,1-3H3,(H,21,25). The number of benzene rings is 2. The molecule has 2 aromatic carbocycles. The van der Waals surface area contributed by atoms with Crippen molar-refractivity contribution in [3.8, 4) is 11.4 Å². The first-order valence-corrected chi connectivity index (χ1v) is 10.1. The molecule has 0 atom stereocenters. The molecule has 152 valence electrons. The number of nitrogens with zero attached hydrogens (tertiary/aromatic N) is 3. The topological polar surface area (TPSA) is 99.3 Å². The average molecular weight is 414 g/mol. The first kappa shape index (κ1) is 20.7. The molecule has 0 aliphatic heterocycles. The third kappa shape index (κ3) is 4.68. The fraction of sp³-hybridized carbons (Fsp3) is 0.300. The molecule has 0 fully saturated rings. The fourth-order valence-corrected chi connectivity index (χ4v) is 3.65. The van der Waals surface area contributed by atoms with Crippen LogP contribution >= 0.6 is 11.8 Å². The molecule has 1 amide bonds. The van der Waals surface area contributed by atoms with E-state index in [1.165, 1.54) is 23.9 Å². The Morgan fingerprint density at radius 2 is 2.07 bits per heavy atom. The Bertz CT molecular complexity index is 1050. The van der Waals surface area contributed by atoms with Crippen LogP contribution in [0, 0.1) is 16.0 Å². The molecule has 0 spiro atoms. The molecule has 9 heteroatoms. The number of carbonyl (C=O) groups excluding carboxylic acids is 1. The largest absolute Gasteiger partial charge is 0.495 e. The van der Waals surface area contributed by atoms with Gasteiger partial charge < -0.3 is 10.1 Å². The van der Waals surface area contributed by atoms with E-state index in [1.54, 1.807) is 13.2 Å². The molecule has 0 aliphatic carbocycles. The smallest absolute Gasteiger partial charge is 0.271 e. The van der Waals surface area contributed by atoms with Gasteiger partial charge in [-0.05, 0) is 24.1 Å². The van der Waals surface area contributed by atoms with Crippen molar-refractivity contribution in [2.24, 2.45) is 5.92 Å². The molecule has 29 heavy (non-hydrogen) atoms. The molecule has 3 aromatic rings. The van der Waals surface area contributed by atoms with Gasteiger partial charge in [-0.2, -0.15) is 0 Å². The number of carbonyl (C=O) groups is 1. The van der Waals surface area contributed by atoms with E-state index in [0.29, 0.717) is 34.4 Å². The van der Waals surface area contributed by atoms with Crippen LogP contribution in [0.5, 0.6) is 5.75 Å². The van der Waals surface area contributed by atoms with Crippen LogP contribution in [-0.4, -0.2) is 39.8 Å². The molecule has 1 aromatic heterocycles. The number of aromatic nitrogens is 2. The number of nitro benzene ring substituents is 1. The van der Waals surface area contributed by atoms with Gasteiger partial charge in [0.15, 0.2) is 5.16 Å². The maximum atomic E-state index is 12.2. The summed E-state index contributed by atoms with van der Waals surface area (Å²) in [5.41, 5.74) is 1.89. The lowest BCUT2D eigenvalue weighted by Crippen LogP contribution is -2.28. The van der Waals surface area contributed by atoms with Gasteiger partial charge in [-0.25, -0.2) is 4.98 Å². The zero-order valence-corrected chi connectivity index (χ0v) is 17.2. The number of methoxy groups -OCH3 is 1. The van der Waals surface area contributed by atoms with Crippen molar-refractivity contribution in [2.75, 3.05) is 19.4 Å². The SMILES string of the molecule is COc1ccccc1-n1c(SCC(=O)NCC(C)C)nc2cc([N+](=O)[O-])ccc21. The number of rotatable bonds is 8. The van der Waals surface area contributed by atoms with Crippen molar-refractivity contribution < 1.29 is 14.5 Å². The number of hydrogen-bond donors (Lipinski definition) is 1. The number of nitro groups is 1. The highest BCUT2D eigenvalue weighted by Gasteiger charge is 2.19. The molecule has 0 saturated carbocycles. The van der Waals surface area contributed by atoms with E-state index in [9.17, 15) is 14.9 Å². The van der Waals surface area contributed by atoms with E-state index in [1.807, 2.05) is 42.7 Å². The quantitative estimate of drug-likeness (QED) is 0.342. The van der Waals surface area contributed by atoms with Crippen molar-refractivity contribution in [3.05, 3.63) is 52.6 Å². The molecule has 0 bridgehead atoms. The summed E-state index contributed by atoms with van der Waals surface area (Å²) in [4.78, 5) is 27.4. The van der Waals surface area contributed by atoms with Crippen LogP contribution < -0.4 is 10.1 Å². The summed E-state index contributed by atoms with van der Waals surface area (Å²) in [6, 6.07) is 12.0. The van der Waals surface area contributed by atoms with Gasteiger partial charge in [0, 0.05) is 18.7 Å². The highest BCUT2D eigenvalue weighted by molar-refractivity contribution is 7.99. The Kier molecular flexibility index (Phi) is 6.38. The number of hydrogen-bond acceptors (Lipinski definition) is 6. The summed E-state index contributed by atoms with van der Waals surface area (Å²) in [5.74, 6) is 1.10. The minimum absolute atomic E-state index is 0.0339. The average Bonchev–Trinajstić information content (AvgIpc) is 3.07. The van der Waals surface area contributed by atoms with Gasteiger partial charge in [-0.3, -0.25) is 19.5 Å². The summed E-state index contributed by atoms with van der Waals surface area (Å²) in [7, 11) is 1.58. The lowest BCUT2D eigenvalue weighted by Gasteiger charge is -2.13.